The average molecular weight is 273 g/mol. The summed E-state index contributed by atoms with van der Waals surface area (Å²) in [6.45, 7) is 0.587. The molecule has 0 bridgehead atoms. The van der Waals surface area contributed by atoms with E-state index < -0.39 is 0 Å². The SMILES string of the molecule is Cl.Cl.Cn1ncc2c(C#CCCN)cncc21. The monoisotopic (exact) mass is 272 g/mol. The third-order valence-corrected chi connectivity index (χ3v) is 2.17. The highest BCUT2D eigenvalue weighted by molar-refractivity contribution is 5.85. The molecule has 0 saturated carbocycles. The summed E-state index contributed by atoms with van der Waals surface area (Å²) in [6, 6.07) is 0. The summed E-state index contributed by atoms with van der Waals surface area (Å²) in [4.78, 5) is 4.13. The largest absolute Gasteiger partial charge is 0.330 e. The fourth-order valence-corrected chi connectivity index (χ4v) is 1.39. The van der Waals surface area contributed by atoms with Crippen molar-refractivity contribution in [1.82, 2.24) is 14.8 Å². The Labute approximate surface area is 112 Å². The Kier molecular flexibility index (Phi) is 6.59. The van der Waals surface area contributed by atoms with Crippen molar-refractivity contribution >= 4 is 35.7 Å². The number of nitrogens with two attached hydrogens (primary N) is 1. The lowest BCUT2D eigenvalue weighted by Gasteiger charge is -1.94. The van der Waals surface area contributed by atoms with Crippen molar-refractivity contribution in [3.05, 3.63) is 24.2 Å². The van der Waals surface area contributed by atoms with Crippen LogP contribution in [0.15, 0.2) is 18.6 Å². The van der Waals surface area contributed by atoms with Crippen molar-refractivity contribution in [3.8, 4) is 11.8 Å². The maximum atomic E-state index is 5.37. The van der Waals surface area contributed by atoms with Gasteiger partial charge in [0.05, 0.1) is 23.5 Å². The minimum Gasteiger partial charge on any atom is -0.330 e. The molecule has 0 unspecified atom stereocenters. The molecule has 2 aromatic rings. The molecular formula is C11H14Cl2N4. The summed E-state index contributed by atoms with van der Waals surface area (Å²) in [5.41, 5.74) is 7.28. The van der Waals surface area contributed by atoms with Crippen molar-refractivity contribution in [3.63, 3.8) is 0 Å². The number of halogens is 2. The zero-order valence-corrected chi connectivity index (χ0v) is 11.0. The van der Waals surface area contributed by atoms with Crippen LogP contribution in [0.1, 0.15) is 12.0 Å². The molecule has 2 rings (SSSR count). The normalized spacial score (nSPS) is 8.82. The first-order chi connectivity index (χ1) is 7.33. The first-order valence-electron chi connectivity index (χ1n) is 4.77. The van der Waals surface area contributed by atoms with E-state index in [-0.39, 0.29) is 24.8 Å². The molecule has 0 spiro atoms. The van der Waals surface area contributed by atoms with E-state index in [4.69, 9.17) is 5.73 Å². The molecule has 0 aliphatic heterocycles. The predicted molar refractivity (Wildman–Crippen MR) is 73.6 cm³/mol. The van der Waals surface area contributed by atoms with Crippen molar-refractivity contribution in [2.45, 2.75) is 6.42 Å². The van der Waals surface area contributed by atoms with Crippen molar-refractivity contribution < 1.29 is 0 Å². The van der Waals surface area contributed by atoms with Gasteiger partial charge in [0.15, 0.2) is 0 Å². The lowest BCUT2D eigenvalue weighted by molar-refractivity contribution is 0.795. The average Bonchev–Trinajstić information content (AvgIpc) is 2.62. The van der Waals surface area contributed by atoms with E-state index in [1.807, 2.05) is 13.2 Å². The minimum absolute atomic E-state index is 0. The van der Waals surface area contributed by atoms with Gasteiger partial charge in [-0.2, -0.15) is 5.10 Å². The van der Waals surface area contributed by atoms with Gasteiger partial charge in [-0.3, -0.25) is 9.67 Å². The molecule has 0 fully saturated rings. The van der Waals surface area contributed by atoms with E-state index in [1.165, 1.54) is 0 Å². The van der Waals surface area contributed by atoms with E-state index in [2.05, 4.69) is 21.9 Å². The first kappa shape index (κ1) is 15.7. The van der Waals surface area contributed by atoms with Gasteiger partial charge in [0.2, 0.25) is 0 Å². The Bertz CT molecular complexity index is 539. The number of fused-ring (bicyclic) bond motifs is 1. The van der Waals surface area contributed by atoms with Crippen LogP contribution in [0.25, 0.3) is 10.9 Å². The number of hydrogen-bond acceptors (Lipinski definition) is 3. The van der Waals surface area contributed by atoms with Crippen LogP contribution < -0.4 is 5.73 Å². The van der Waals surface area contributed by atoms with Gasteiger partial charge in [0.25, 0.3) is 0 Å². The molecule has 0 amide bonds. The number of hydrogen-bond donors (Lipinski definition) is 1. The number of aryl methyl sites for hydroxylation is 1. The molecule has 92 valence electrons. The Hall–Kier alpha value is -1.28. The van der Waals surface area contributed by atoms with Gasteiger partial charge < -0.3 is 5.73 Å². The van der Waals surface area contributed by atoms with Crippen LogP contribution in [0.2, 0.25) is 0 Å². The highest BCUT2D eigenvalue weighted by atomic mass is 35.5. The van der Waals surface area contributed by atoms with Crippen LogP contribution in [-0.4, -0.2) is 21.3 Å². The topological polar surface area (TPSA) is 56.7 Å². The Morgan fingerprint density at radius 3 is 2.76 bits per heavy atom. The van der Waals surface area contributed by atoms with Gasteiger partial charge >= 0.3 is 0 Å². The van der Waals surface area contributed by atoms with Crippen molar-refractivity contribution in [2.24, 2.45) is 12.8 Å². The van der Waals surface area contributed by atoms with Crippen LogP contribution in [0, 0.1) is 11.8 Å². The molecule has 6 heteroatoms. The van der Waals surface area contributed by atoms with E-state index in [9.17, 15) is 0 Å². The van der Waals surface area contributed by atoms with Gasteiger partial charge in [0.1, 0.15) is 0 Å². The highest BCUT2D eigenvalue weighted by Crippen LogP contribution is 2.14. The lowest BCUT2D eigenvalue weighted by atomic mass is 10.2. The number of rotatable bonds is 1. The molecule has 2 N–H and O–H groups in total. The van der Waals surface area contributed by atoms with Crippen LogP contribution in [-0.2, 0) is 7.05 Å². The van der Waals surface area contributed by atoms with Crippen LogP contribution in [0.5, 0.6) is 0 Å². The summed E-state index contributed by atoms with van der Waals surface area (Å²) in [7, 11) is 1.89. The number of aromatic nitrogens is 3. The second-order valence-corrected chi connectivity index (χ2v) is 3.23. The van der Waals surface area contributed by atoms with E-state index >= 15 is 0 Å². The molecule has 2 heterocycles. The van der Waals surface area contributed by atoms with Gasteiger partial charge in [0, 0.05) is 31.6 Å². The molecular weight excluding hydrogens is 259 g/mol. The fraction of sp³-hybridized carbons (Fsp3) is 0.273. The van der Waals surface area contributed by atoms with Gasteiger partial charge in [-0.05, 0) is 0 Å². The molecule has 4 nitrogen and oxygen atoms in total. The molecule has 0 radical (unpaired) electrons. The fourth-order valence-electron chi connectivity index (χ4n) is 1.39. The molecule has 0 aromatic carbocycles. The Morgan fingerprint density at radius 1 is 1.29 bits per heavy atom. The lowest BCUT2D eigenvalue weighted by Crippen LogP contribution is -1.95. The van der Waals surface area contributed by atoms with E-state index in [1.54, 1.807) is 17.1 Å². The molecule has 0 aliphatic carbocycles. The van der Waals surface area contributed by atoms with Crippen molar-refractivity contribution in [1.29, 1.82) is 0 Å². The molecule has 2 aromatic heterocycles. The second-order valence-electron chi connectivity index (χ2n) is 3.23. The maximum Gasteiger partial charge on any atom is 0.0874 e. The summed E-state index contributed by atoms with van der Waals surface area (Å²) < 4.78 is 1.79. The van der Waals surface area contributed by atoms with E-state index in [0.29, 0.717) is 13.0 Å². The van der Waals surface area contributed by atoms with E-state index in [0.717, 1.165) is 16.5 Å². The summed E-state index contributed by atoms with van der Waals surface area (Å²) in [5.74, 6) is 6.06. The third kappa shape index (κ3) is 3.34. The smallest absolute Gasteiger partial charge is 0.0874 e. The predicted octanol–water partition coefficient (Wildman–Crippen LogP) is 1.51. The zero-order valence-electron chi connectivity index (χ0n) is 9.38. The van der Waals surface area contributed by atoms with Gasteiger partial charge in [-0.1, -0.05) is 11.8 Å². The maximum absolute atomic E-state index is 5.37. The molecule has 0 saturated heterocycles. The highest BCUT2D eigenvalue weighted by Gasteiger charge is 2.02. The number of pyridine rings is 1. The van der Waals surface area contributed by atoms with Gasteiger partial charge in [-0.15, -0.1) is 24.8 Å². The van der Waals surface area contributed by atoms with Crippen LogP contribution in [0.3, 0.4) is 0 Å². The third-order valence-electron chi connectivity index (χ3n) is 2.17. The Balaban J connectivity index is 0.00000128. The minimum atomic E-state index is 0. The number of nitrogens with zero attached hydrogens (tertiary/aromatic N) is 3. The quantitative estimate of drug-likeness (QED) is 0.801. The molecule has 0 aliphatic rings. The standard InChI is InChI=1S/C11H12N4.2ClH/c1-15-11-8-13-6-9(4-2-3-5-12)10(11)7-14-15;;/h6-8H,3,5,12H2,1H3;2*1H. The molecule has 0 atom stereocenters. The summed E-state index contributed by atoms with van der Waals surface area (Å²) in [5, 5.41) is 5.21. The van der Waals surface area contributed by atoms with Crippen LogP contribution in [0.4, 0.5) is 0 Å². The van der Waals surface area contributed by atoms with Crippen LogP contribution >= 0.6 is 24.8 Å². The molecule has 17 heavy (non-hydrogen) atoms. The zero-order chi connectivity index (χ0) is 10.7. The summed E-state index contributed by atoms with van der Waals surface area (Å²) in [6.07, 6.45) is 6.06. The van der Waals surface area contributed by atoms with Crippen molar-refractivity contribution in [2.75, 3.05) is 6.54 Å². The van der Waals surface area contributed by atoms with Gasteiger partial charge in [-0.25, -0.2) is 0 Å². The Morgan fingerprint density at radius 2 is 2.06 bits per heavy atom. The second kappa shape index (κ2) is 7.13. The summed E-state index contributed by atoms with van der Waals surface area (Å²) >= 11 is 0. The first-order valence-corrected chi connectivity index (χ1v) is 4.77.